The maximum absolute atomic E-state index is 12.5. The van der Waals surface area contributed by atoms with E-state index >= 15 is 0 Å². The van der Waals surface area contributed by atoms with Crippen molar-refractivity contribution in [3.63, 3.8) is 0 Å². The van der Waals surface area contributed by atoms with Gasteiger partial charge in [-0.3, -0.25) is 0 Å². The van der Waals surface area contributed by atoms with Gasteiger partial charge in [0, 0.05) is 0 Å². The summed E-state index contributed by atoms with van der Waals surface area (Å²) in [7, 11) is 0. The number of fused-ring (bicyclic) bond motifs is 2. The van der Waals surface area contributed by atoms with Crippen LogP contribution in [-0.2, 0) is 0 Å². The lowest BCUT2D eigenvalue weighted by molar-refractivity contribution is -0.158. The summed E-state index contributed by atoms with van der Waals surface area (Å²) in [5.74, 6) is 3.80. The van der Waals surface area contributed by atoms with Crippen molar-refractivity contribution in [2.75, 3.05) is 0 Å². The zero-order valence-corrected chi connectivity index (χ0v) is 30.5. The zero-order chi connectivity index (χ0) is 32.7. The van der Waals surface area contributed by atoms with Crippen molar-refractivity contribution < 1.29 is 20.4 Å². The van der Waals surface area contributed by atoms with Gasteiger partial charge in [0.05, 0.1) is 22.4 Å². The molecule has 0 saturated heterocycles. The smallest absolute Gasteiger partial charge is 0.0650 e. The molecule has 12 atom stereocenters. The van der Waals surface area contributed by atoms with Crippen LogP contribution in [0.25, 0.3) is 0 Å². The first-order chi connectivity index (χ1) is 19.2. The lowest BCUT2D eigenvalue weighted by atomic mass is 9.49. The molecule has 252 valence electrons. The van der Waals surface area contributed by atoms with Crippen LogP contribution < -0.4 is 0 Å². The Bertz CT molecular complexity index is 948. The van der Waals surface area contributed by atoms with Gasteiger partial charge in [-0.1, -0.05) is 41.5 Å². The monoisotopic (exact) mass is 605 g/mol. The molecule has 0 aromatic heterocycles. The van der Waals surface area contributed by atoms with Crippen molar-refractivity contribution in [1.29, 1.82) is 0 Å². The molecule has 0 radical (unpaired) electrons. The standard InChI is InChI=1S/C39H72O4/c1-34(2,3)28-18-19-29(36(7,8)40)27-21-24(14-15-25(27)28)39(13,43)22-23-20-31(35(4,5)6)26-16-17-30(37(9,10)41)32(26)33(23)38(11,12)42/h23-33,40-43H,14-22H2,1-13H3. The molecule has 4 saturated carbocycles. The molecular formula is C39H72O4. The van der Waals surface area contributed by atoms with E-state index in [0.29, 0.717) is 36.0 Å². The molecule has 4 N–H and O–H groups in total. The van der Waals surface area contributed by atoms with Crippen LogP contribution in [0.2, 0.25) is 0 Å². The molecule has 4 nitrogen and oxygen atoms in total. The van der Waals surface area contributed by atoms with Crippen molar-refractivity contribution in [3.8, 4) is 0 Å². The molecule has 0 bridgehead atoms. The predicted octanol–water partition coefficient (Wildman–Crippen LogP) is 8.49. The molecule has 0 aromatic rings. The highest BCUT2D eigenvalue weighted by molar-refractivity contribution is 5.09. The predicted molar refractivity (Wildman–Crippen MR) is 178 cm³/mol. The summed E-state index contributed by atoms with van der Waals surface area (Å²) in [6.07, 6.45) is 9.29. The SMILES string of the molecule is CC(C)(C)C1CCC(C(C)(C)O)C2CC(C(C)(O)CC3CC(C(C)(C)C)C4CCC(C(C)(C)O)C4C3C(C)(C)O)CCC21. The topological polar surface area (TPSA) is 80.9 Å². The highest BCUT2D eigenvalue weighted by atomic mass is 16.3. The van der Waals surface area contributed by atoms with Gasteiger partial charge in [-0.2, -0.15) is 0 Å². The summed E-state index contributed by atoms with van der Waals surface area (Å²) in [6.45, 7) is 28.3. The Morgan fingerprint density at radius 1 is 0.465 bits per heavy atom. The molecule has 4 fully saturated rings. The maximum atomic E-state index is 12.5. The molecule has 4 rings (SSSR count). The van der Waals surface area contributed by atoms with Crippen molar-refractivity contribution >= 4 is 0 Å². The summed E-state index contributed by atoms with van der Waals surface area (Å²) in [6, 6.07) is 0. The van der Waals surface area contributed by atoms with E-state index in [1.807, 2.05) is 41.5 Å². The molecule has 0 heterocycles. The van der Waals surface area contributed by atoms with Crippen LogP contribution in [0.15, 0.2) is 0 Å². The molecule has 0 aromatic carbocycles. The van der Waals surface area contributed by atoms with Crippen molar-refractivity contribution in [2.45, 2.75) is 170 Å². The minimum absolute atomic E-state index is 0.0434. The quantitative estimate of drug-likeness (QED) is 0.245. The van der Waals surface area contributed by atoms with Crippen LogP contribution in [0.3, 0.4) is 0 Å². The van der Waals surface area contributed by atoms with E-state index in [0.717, 1.165) is 44.9 Å². The number of rotatable bonds is 6. The third-order valence-electron chi connectivity index (χ3n) is 14.0. The van der Waals surface area contributed by atoms with Crippen LogP contribution in [0.4, 0.5) is 0 Å². The Morgan fingerprint density at radius 2 is 0.953 bits per heavy atom. The summed E-state index contributed by atoms with van der Waals surface area (Å²) < 4.78 is 0. The molecule has 4 aliphatic rings. The van der Waals surface area contributed by atoms with E-state index in [2.05, 4.69) is 48.5 Å². The lowest BCUT2D eigenvalue weighted by Crippen LogP contribution is -2.56. The fourth-order valence-corrected chi connectivity index (χ4v) is 12.3. The molecule has 43 heavy (non-hydrogen) atoms. The van der Waals surface area contributed by atoms with Crippen LogP contribution in [0, 0.1) is 75.9 Å². The highest BCUT2D eigenvalue weighted by Gasteiger charge is 2.60. The first-order valence-corrected chi connectivity index (χ1v) is 18.1. The second-order valence-electron chi connectivity index (χ2n) is 20.4. The van der Waals surface area contributed by atoms with E-state index < -0.39 is 22.4 Å². The molecular weight excluding hydrogens is 532 g/mol. The maximum Gasteiger partial charge on any atom is 0.0650 e. The Hall–Kier alpha value is -0.160. The summed E-state index contributed by atoms with van der Waals surface area (Å²) in [5.41, 5.74) is -2.83. The van der Waals surface area contributed by atoms with Crippen molar-refractivity contribution in [1.82, 2.24) is 0 Å². The van der Waals surface area contributed by atoms with E-state index in [9.17, 15) is 20.4 Å². The van der Waals surface area contributed by atoms with Gasteiger partial charge in [-0.15, -0.1) is 0 Å². The largest absolute Gasteiger partial charge is 0.390 e. The van der Waals surface area contributed by atoms with Gasteiger partial charge >= 0.3 is 0 Å². The van der Waals surface area contributed by atoms with Crippen LogP contribution in [0.1, 0.15) is 148 Å². The highest BCUT2D eigenvalue weighted by Crippen LogP contribution is 2.63. The molecule has 4 aliphatic carbocycles. The Balaban J connectivity index is 1.66. The minimum Gasteiger partial charge on any atom is -0.390 e. The normalized spacial score (nSPS) is 41.4. The van der Waals surface area contributed by atoms with E-state index in [-0.39, 0.29) is 46.3 Å². The second-order valence-corrected chi connectivity index (χ2v) is 20.4. The van der Waals surface area contributed by atoms with Crippen molar-refractivity contribution in [2.24, 2.45) is 75.9 Å². The Kier molecular flexibility index (Phi) is 9.56. The third kappa shape index (κ3) is 7.23. The van der Waals surface area contributed by atoms with E-state index in [4.69, 9.17) is 0 Å². The van der Waals surface area contributed by atoms with Gasteiger partial charge < -0.3 is 20.4 Å². The van der Waals surface area contributed by atoms with Gasteiger partial charge in [0.15, 0.2) is 0 Å². The van der Waals surface area contributed by atoms with E-state index in [1.165, 1.54) is 6.42 Å². The van der Waals surface area contributed by atoms with Crippen LogP contribution in [0.5, 0.6) is 0 Å². The fourth-order valence-electron chi connectivity index (χ4n) is 12.3. The molecule has 12 unspecified atom stereocenters. The molecule has 0 spiro atoms. The first kappa shape index (κ1) is 35.7. The van der Waals surface area contributed by atoms with Crippen LogP contribution in [-0.4, -0.2) is 42.8 Å². The van der Waals surface area contributed by atoms with Gasteiger partial charge in [-0.25, -0.2) is 0 Å². The molecule has 4 heteroatoms. The first-order valence-electron chi connectivity index (χ1n) is 18.1. The van der Waals surface area contributed by atoms with Gasteiger partial charge in [0.2, 0.25) is 0 Å². The van der Waals surface area contributed by atoms with Crippen LogP contribution >= 0.6 is 0 Å². The number of aliphatic hydroxyl groups is 4. The zero-order valence-electron chi connectivity index (χ0n) is 30.5. The number of hydrogen-bond donors (Lipinski definition) is 4. The minimum atomic E-state index is -0.882. The van der Waals surface area contributed by atoms with Gasteiger partial charge in [0.25, 0.3) is 0 Å². The fraction of sp³-hybridized carbons (Fsp3) is 1.00. The summed E-state index contributed by atoms with van der Waals surface area (Å²) >= 11 is 0. The Morgan fingerprint density at radius 3 is 1.44 bits per heavy atom. The van der Waals surface area contributed by atoms with Gasteiger partial charge in [-0.05, 0) is 182 Å². The molecule has 0 amide bonds. The average molecular weight is 605 g/mol. The van der Waals surface area contributed by atoms with E-state index in [1.54, 1.807) is 0 Å². The lowest BCUT2D eigenvalue weighted by Gasteiger charge is -2.58. The molecule has 0 aliphatic heterocycles. The summed E-state index contributed by atoms with van der Waals surface area (Å²) in [4.78, 5) is 0. The number of hydrogen-bond acceptors (Lipinski definition) is 4. The van der Waals surface area contributed by atoms with Crippen molar-refractivity contribution in [3.05, 3.63) is 0 Å². The Labute approximate surface area is 266 Å². The second kappa shape index (κ2) is 11.5. The summed E-state index contributed by atoms with van der Waals surface area (Å²) in [5, 5.41) is 47.1. The third-order valence-corrected chi connectivity index (χ3v) is 14.0. The van der Waals surface area contributed by atoms with Gasteiger partial charge in [0.1, 0.15) is 0 Å². The average Bonchev–Trinajstić information content (AvgIpc) is 3.24.